The Kier molecular flexibility index (Phi) is 10.1. The summed E-state index contributed by atoms with van der Waals surface area (Å²) in [5.74, 6) is 0. The number of hydrogen-bond acceptors (Lipinski definition) is 0. The van der Waals surface area contributed by atoms with Crippen molar-refractivity contribution in [1.29, 1.82) is 0 Å². The van der Waals surface area contributed by atoms with Crippen LogP contribution in [0.15, 0.2) is 24.3 Å². The molecule has 0 unspecified atom stereocenters. The fraction of sp³-hybridized carbons (Fsp3) is 0.667. The monoisotopic (exact) mass is 292 g/mol. The van der Waals surface area contributed by atoms with E-state index in [-0.39, 0.29) is 6.67 Å². The molecule has 0 aromatic heterocycles. The number of hydrogen-bond donors (Lipinski definition) is 0. The first-order valence-electron chi connectivity index (χ1n) is 8.43. The van der Waals surface area contributed by atoms with Crippen molar-refractivity contribution < 1.29 is 4.39 Å². The highest BCUT2D eigenvalue weighted by molar-refractivity contribution is 6.58. The van der Waals surface area contributed by atoms with E-state index in [0.29, 0.717) is 6.42 Å². The highest BCUT2D eigenvalue weighted by Gasteiger charge is 2.16. The summed E-state index contributed by atoms with van der Waals surface area (Å²) in [5.41, 5.74) is 2.82. The molecule has 20 heavy (non-hydrogen) atoms. The Labute approximate surface area is 129 Å². The first kappa shape index (κ1) is 17.7. The lowest BCUT2D eigenvalue weighted by Gasteiger charge is -2.12. The van der Waals surface area contributed by atoms with Crippen LogP contribution in [0.25, 0.3) is 0 Å². The average molecular weight is 292 g/mol. The smallest absolute Gasteiger partial charge is 0.251 e. The quantitative estimate of drug-likeness (QED) is 0.454. The van der Waals surface area contributed by atoms with Gasteiger partial charge in [-0.1, -0.05) is 85.2 Å². The van der Waals surface area contributed by atoms with Crippen molar-refractivity contribution in [2.45, 2.75) is 68.2 Å². The first-order chi connectivity index (χ1) is 9.80. The molecule has 2 heteroatoms. The fourth-order valence-corrected chi connectivity index (χ4v) is 6.44. The third kappa shape index (κ3) is 7.46. The van der Waals surface area contributed by atoms with E-state index >= 15 is 0 Å². The first-order valence-corrected chi connectivity index (χ1v) is 10.9. The molecule has 0 spiro atoms. The molecule has 0 fully saturated rings. The van der Waals surface area contributed by atoms with Crippen LogP contribution in [0.3, 0.4) is 0 Å². The van der Waals surface area contributed by atoms with Gasteiger partial charge >= 0.3 is 0 Å². The van der Waals surface area contributed by atoms with Gasteiger partial charge in [0.1, 0.15) is 0 Å². The minimum Gasteiger partial charge on any atom is -0.251 e. The molecule has 1 aromatic carbocycles. The van der Waals surface area contributed by atoms with Crippen molar-refractivity contribution in [2.75, 3.05) is 6.67 Å². The molecule has 0 saturated heterocycles. The Morgan fingerprint density at radius 3 is 2.20 bits per heavy atom. The van der Waals surface area contributed by atoms with E-state index in [4.69, 9.17) is 0 Å². The lowest BCUT2D eigenvalue weighted by atomic mass is 10.1. The Bertz CT molecular complexity index is 343. The van der Waals surface area contributed by atoms with Gasteiger partial charge in [-0.2, -0.15) is 0 Å². The summed E-state index contributed by atoms with van der Waals surface area (Å²) in [6.45, 7) is 4.39. The number of rotatable bonds is 11. The molecule has 0 heterocycles. The molecule has 0 aliphatic rings. The largest absolute Gasteiger partial charge is 0.267 e. The van der Waals surface area contributed by atoms with Gasteiger partial charge in [0.2, 0.25) is 0 Å². The Hall–Kier alpha value is -0.318. The number of halogens is 1. The number of aryl methyl sites for hydroxylation is 1. The predicted molar refractivity (Wildman–Crippen MR) is 89.6 cm³/mol. The minimum absolute atomic E-state index is 0.200. The summed E-state index contributed by atoms with van der Waals surface area (Å²) in [6.07, 6.45) is 7.01. The molecule has 0 bridgehead atoms. The van der Waals surface area contributed by atoms with Gasteiger partial charge in [0, 0.05) is 0 Å². The third-order valence-corrected chi connectivity index (χ3v) is 7.54. The van der Waals surface area contributed by atoms with Crippen LogP contribution in [0, 0.1) is 0 Å². The average Bonchev–Trinajstić information content (AvgIpc) is 2.48. The van der Waals surface area contributed by atoms with Crippen LogP contribution >= 0.6 is 0 Å². The van der Waals surface area contributed by atoms with Crippen molar-refractivity contribution in [2.24, 2.45) is 0 Å². The van der Waals surface area contributed by atoms with E-state index < -0.39 is 14.1 Å². The zero-order valence-corrected chi connectivity index (χ0v) is 14.5. The zero-order valence-electron chi connectivity index (χ0n) is 13.3. The Balaban J connectivity index is 2.56. The lowest BCUT2D eigenvalue weighted by molar-refractivity contribution is 0.473. The highest BCUT2D eigenvalue weighted by Crippen LogP contribution is 2.16. The molecule has 0 nitrogen and oxygen atoms in total. The molecule has 112 valence electrons. The summed E-state index contributed by atoms with van der Waals surface area (Å²) >= 11 is -0.618. The summed E-state index contributed by atoms with van der Waals surface area (Å²) in [6, 6.07) is 8.91. The van der Waals surface area contributed by atoms with Gasteiger partial charge in [0.15, 0.2) is 0 Å². The second-order valence-corrected chi connectivity index (χ2v) is 9.26. The van der Waals surface area contributed by atoms with Gasteiger partial charge in [-0.3, -0.25) is 4.39 Å². The van der Waals surface area contributed by atoms with E-state index in [1.54, 1.807) is 0 Å². The Morgan fingerprint density at radius 2 is 1.60 bits per heavy atom. The lowest BCUT2D eigenvalue weighted by Crippen LogP contribution is -2.16. The van der Waals surface area contributed by atoms with E-state index in [1.807, 2.05) is 0 Å². The summed E-state index contributed by atoms with van der Waals surface area (Å²) in [5, 5.41) is 4.32. The summed E-state index contributed by atoms with van der Waals surface area (Å²) < 4.78 is 12.3. The van der Waals surface area contributed by atoms with Crippen molar-refractivity contribution in [1.82, 2.24) is 0 Å². The minimum atomic E-state index is -0.618. The van der Waals surface area contributed by atoms with Crippen molar-refractivity contribution in [3.63, 3.8) is 0 Å². The molecule has 0 aliphatic heterocycles. The van der Waals surface area contributed by atoms with Crippen LogP contribution in [0.2, 0.25) is 10.6 Å². The van der Waals surface area contributed by atoms with Crippen LogP contribution in [-0.2, 0) is 11.7 Å². The Morgan fingerprint density at radius 1 is 0.950 bits per heavy atom. The number of benzene rings is 1. The molecule has 1 rings (SSSR count). The van der Waals surface area contributed by atoms with Gasteiger partial charge < -0.3 is 0 Å². The third-order valence-electron chi connectivity index (χ3n) is 4.05. The molecule has 0 N–H and O–H groups in total. The van der Waals surface area contributed by atoms with Crippen LogP contribution < -0.4 is 0 Å². The van der Waals surface area contributed by atoms with Gasteiger partial charge in [-0.25, -0.2) is 0 Å². The zero-order chi connectivity index (χ0) is 14.6. The topological polar surface area (TPSA) is 0 Å². The fourth-order valence-electron chi connectivity index (χ4n) is 2.85. The molecular formula is C18H30AlF. The highest BCUT2D eigenvalue weighted by atomic mass is 27.2. The van der Waals surface area contributed by atoms with Crippen molar-refractivity contribution >= 4 is 14.1 Å². The summed E-state index contributed by atoms with van der Waals surface area (Å²) in [4.78, 5) is 0. The number of unbranched alkanes of at least 4 members (excludes halogenated alkanes) is 2. The van der Waals surface area contributed by atoms with Gasteiger partial charge in [0.05, 0.1) is 6.67 Å². The van der Waals surface area contributed by atoms with E-state index in [2.05, 4.69) is 38.1 Å². The van der Waals surface area contributed by atoms with Gasteiger partial charge in [-0.15, -0.1) is 0 Å². The van der Waals surface area contributed by atoms with Crippen LogP contribution in [0.1, 0.15) is 57.1 Å². The maximum atomic E-state index is 12.3. The second kappa shape index (κ2) is 11.4. The van der Waals surface area contributed by atoms with Crippen LogP contribution in [-0.4, -0.2) is 20.8 Å². The van der Waals surface area contributed by atoms with E-state index in [9.17, 15) is 4.39 Å². The standard InChI is InChI=1S/C10H12F.2C4H9.Al/c1-9-4-2-5-10(8-9)6-3-7-11;2*1-3-4-2;/h2,4-5,8H,1,3,6-7H2;2*1,3-4H2,2H3;. The molecule has 0 aliphatic carbocycles. The molecular weight excluding hydrogens is 262 g/mol. The SMILES string of the molecule is CCC[CH2][Al]([CH2]CCC)[CH2]c1cccc(CCCF)c1. The molecule has 0 saturated carbocycles. The van der Waals surface area contributed by atoms with Crippen molar-refractivity contribution in [3.05, 3.63) is 35.4 Å². The normalized spacial score (nSPS) is 10.8. The van der Waals surface area contributed by atoms with E-state index in [1.165, 1.54) is 52.7 Å². The van der Waals surface area contributed by atoms with Gasteiger partial charge in [-0.05, 0) is 18.4 Å². The molecule has 0 radical (unpaired) electrons. The van der Waals surface area contributed by atoms with Crippen molar-refractivity contribution in [3.8, 4) is 0 Å². The van der Waals surface area contributed by atoms with Crippen LogP contribution in [0.4, 0.5) is 4.39 Å². The summed E-state index contributed by atoms with van der Waals surface area (Å²) in [7, 11) is 0. The predicted octanol–water partition coefficient (Wildman–Crippen LogP) is 5.77. The maximum Gasteiger partial charge on any atom is 0.267 e. The molecule has 0 amide bonds. The van der Waals surface area contributed by atoms with Crippen LogP contribution in [0.5, 0.6) is 0 Å². The van der Waals surface area contributed by atoms with E-state index in [0.717, 1.165) is 6.42 Å². The maximum absolute atomic E-state index is 12.3. The number of alkyl halides is 1. The second-order valence-electron chi connectivity index (χ2n) is 5.97. The molecule has 1 aromatic rings. The molecule has 0 atom stereocenters. The van der Waals surface area contributed by atoms with Gasteiger partial charge in [0.25, 0.3) is 14.1 Å².